The van der Waals surface area contributed by atoms with Gasteiger partial charge in [0, 0.05) is 50.1 Å². The van der Waals surface area contributed by atoms with Crippen LogP contribution in [0.3, 0.4) is 0 Å². The van der Waals surface area contributed by atoms with Gasteiger partial charge in [0.25, 0.3) is 5.78 Å². The quantitative estimate of drug-likeness (QED) is 0.633. The summed E-state index contributed by atoms with van der Waals surface area (Å²) in [5.74, 6) is -1.07. The monoisotopic (exact) mass is 466 g/mol. The van der Waals surface area contributed by atoms with Crippen LogP contribution in [0.25, 0.3) is 0 Å². The molecule has 1 aromatic carbocycles. The normalized spacial score (nSPS) is 18.7. The predicted octanol–water partition coefficient (Wildman–Crippen LogP) is 1.28. The number of aromatic nitrogens is 1. The van der Waals surface area contributed by atoms with Gasteiger partial charge in [-0.15, -0.1) is 0 Å². The second kappa shape index (κ2) is 7.11. The van der Waals surface area contributed by atoms with E-state index in [-0.39, 0.29) is 11.6 Å². The van der Waals surface area contributed by atoms with Gasteiger partial charge in [-0.25, -0.2) is 8.42 Å². The number of carbonyl (C=O) groups excluding carboxylic acids is 2. The Kier molecular flexibility index (Phi) is 4.90. The van der Waals surface area contributed by atoms with E-state index in [2.05, 4.69) is 15.9 Å². The Labute approximate surface area is 171 Å². The number of Topliss-reactive ketones (excluding diaryl/α,β-unsaturated/α-hetero) is 1. The maximum Gasteiger partial charge on any atom is 0.300 e. The molecule has 148 valence electrons. The Hall–Kier alpha value is -2.01. The molecule has 1 amide bonds. The van der Waals surface area contributed by atoms with Crippen LogP contribution in [-0.4, -0.2) is 66.7 Å². The van der Waals surface area contributed by atoms with Crippen LogP contribution in [-0.2, 0) is 21.9 Å². The van der Waals surface area contributed by atoms with Crippen LogP contribution in [0, 0.1) is 0 Å². The summed E-state index contributed by atoms with van der Waals surface area (Å²) in [7, 11) is -1.74. The number of anilines is 1. The molecule has 1 saturated heterocycles. The zero-order valence-corrected chi connectivity index (χ0v) is 17.6. The molecule has 2 aliphatic heterocycles. The lowest BCUT2D eigenvalue weighted by Crippen LogP contribution is -2.52. The van der Waals surface area contributed by atoms with Crippen molar-refractivity contribution < 1.29 is 18.0 Å². The van der Waals surface area contributed by atoms with E-state index in [0.29, 0.717) is 41.9 Å². The molecular formula is C18H19BrN4O4S. The van der Waals surface area contributed by atoms with Crippen LogP contribution < -0.4 is 4.90 Å². The van der Waals surface area contributed by atoms with Crippen molar-refractivity contribution in [3.05, 3.63) is 46.7 Å². The molecule has 28 heavy (non-hydrogen) atoms. The average molecular weight is 467 g/mol. The SMILES string of the molecule is Cn1ccc(S(=O)(=O)N2CCN(CN3C(=O)C(=O)c4c(Br)cccc43)CC2)c1. The van der Waals surface area contributed by atoms with Gasteiger partial charge in [-0.2, -0.15) is 4.31 Å². The van der Waals surface area contributed by atoms with Gasteiger partial charge in [0.05, 0.1) is 22.8 Å². The molecule has 0 atom stereocenters. The minimum Gasteiger partial charge on any atom is -0.356 e. The molecule has 0 radical (unpaired) electrons. The number of nitrogens with zero attached hydrogens (tertiary/aromatic N) is 4. The first-order valence-corrected chi connectivity index (χ1v) is 11.0. The fraction of sp³-hybridized carbons (Fsp3) is 0.333. The van der Waals surface area contributed by atoms with E-state index in [1.165, 1.54) is 9.21 Å². The molecule has 3 heterocycles. The average Bonchev–Trinajstić information content (AvgIpc) is 3.21. The number of amides is 1. The van der Waals surface area contributed by atoms with Gasteiger partial charge in [0.15, 0.2) is 0 Å². The molecule has 2 aliphatic rings. The predicted molar refractivity (Wildman–Crippen MR) is 107 cm³/mol. The number of aryl methyl sites for hydroxylation is 1. The van der Waals surface area contributed by atoms with E-state index in [9.17, 15) is 18.0 Å². The fourth-order valence-corrected chi connectivity index (χ4v) is 5.54. The summed E-state index contributed by atoms with van der Waals surface area (Å²) in [6, 6.07) is 6.86. The lowest BCUT2D eigenvalue weighted by atomic mass is 10.1. The summed E-state index contributed by atoms with van der Waals surface area (Å²) < 4.78 is 29.2. The van der Waals surface area contributed by atoms with Crippen molar-refractivity contribution in [1.29, 1.82) is 0 Å². The van der Waals surface area contributed by atoms with Crippen molar-refractivity contribution in [3.8, 4) is 0 Å². The lowest BCUT2D eigenvalue weighted by molar-refractivity contribution is -0.114. The van der Waals surface area contributed by atoms with E-state index in [1.807, 2.05) is 4.90 Å². The van der Waals surface area contributed by atoms with Crippen LogP contribution in [0.2, 0.25) is 0 Å². The summed E-state index contributed by atoms with van der Waals surface area (Å²) >= 11 is 3.33. The number of carbonyl (C=O) groups is 2. The third-order valence-electron chi connectivity index (χ3n) is 5.06. The van der Waals surface area contributed by atoms with Crippen molar-refractivity contribution in [2.24, 2.45) is 7.05 Å². The van der Waals surface area contributed by atoms with Crippen molar-refractivity contribution in [3.63, 3.8) is 0 Å². The van der Waals surface area contributed by atoms with Gasteiger partial charge in [-0.1, -0.05) is 6.07 Å². The standard InChI is InChI=1S/C18H19BrN4O4S/c1-20-6-5-13(11-20)28(26,27)22-9-7-21(8-10-22)12-23-15-4-2-3-14(19)16(15)17(24)18(23)25/h2-6,11H,7-10,12H2,1H3. The lowest BCUT2D eigenvalue weighted by Gasteiger charge is -2.35. The molecule has 0 aliphatic carbocycles. The summed E-state index contributed by atoms with van der Waals surface area (Å²) in [4.78, 5) is 28.4. The summed E-state index contributed by atoms with van der Waals surface area (Å²) in [5, 5.41) is 0. The molecule has 0 spiro atoms. The Morgan fingerprint density at radius 1 is 1.07 bits per heavy atom. The molecule has 0 N–H and O–H groups in total. The number of ketones is 1. The van der Waals surface area contributed by atoms with Crippen LogP contribution in [0.1, 0.15) is 10.4 Å². The van der Waals surface area contributed by atoms with Crippen molar-refractivity contribution in [2.75, 3.05) is 37.7 Å². The summed E-state index contributed by atoms with van der Waals surface area (Å²) in [6.07, 6.45) is 3.29. The molecule has 4 rings (SSSR count). The van der Waals surface area contributed by atoms with Gasteiger partial charge < -0.3 is 4.57 Å². The van der Waals surface area contributed by atoms with E-state index >= 15 is 0 Å². The van der Waals surface area contributed by atoms with Crippen LogP contribution >= 0.6 is 15.9 Å². The fourth-order valence-electron chi connectivity index (χ4n) is 3.53. The van der Waals surface area contributed by atoms with Gasteiger partial charge in [0.2, 0.25) is 10.0 Å². The summed E-state index contributed by atoms with van der Waals surface area (Å²) in [6.45, 7) is 1.88. The first kappa shape index (κ1) is 19.3. The number of hydrogen-bond donors (Lipinski definition) is 0. The molecule has 0 saturated carbocycles. The van der Waals surface area contributed by atoms with E-state index in [4.69, 9.17) is 0 Å². The van der Waals surface area contributed by atoms with Gasteiger partial charge >= 0.3 is 5.91 Å². The number of rotatable bonds is 4. The molecule has 1 fully saturated rings. The van der Waals surface area contributed by atoms with Gasteiger partial charge in [-0.3, -0.25) is 19.4 Å². The molecule has 0 bridgehead atoms. The second-order valence-electron chi connectivity index (χ2n) is 6.87. The van der Waals surface area contributed by atoms with Gasteiger partial charge in [-0.05, 0) is 34.1 Å². The highest BCUT2D eigenvalue weighted by atomic mass is 79.9. The van der Waals surface area contributed by atoms with Crippen LogP contribution in [0.5, 0.6) is 0 Å². The molecule has 0 unspecified atom stereocenters. The molecule has 10 heteroatoms. The van der Waals surface area contributed by atoms with Crippen LogP contribution in [0.15, 0.2) is 46.0 Å². The van der Waals surface area contributed by atoms with Crippen molar-refractivity contribution in [1.82, 2.24) is 13.8 Å². The van der Waals surface area contributed by atoms with E-state index in [1.54, 1.807) is 48.3 Å². The zero-order chi connectivity index (χ0) is 20.1. The first-order chi connectivity index (χ1) is 13.3. The number of fused-ring (bicyclic) bond motifs is 1. The Balaban J connectivity index is 1.45. The van der Waals surface area contributed by atoms with Crippen molar-refractivity contribution >= 4 is 43.3 Å². The topological polar surface area (TPSA) is 82.9 Å². The Morgan fingerprint density at radius 3 is 2.43 bits per heavy atom. The maximum atomic E-state index is 12.7. The minimum absolute atomic E-state index is 0.257. The van der Waals surface area contributed by atoms with Gasteiger partial charge in [0.1, 0.15) is 0 Å². The van der Waals surface area contributed by atoms with Crippen LogP contribution in [0.4, 0.5) is 5.69 Å². The number of benzene rings is 1. The largest absolute Gasteiger partial charge is 0.356 e. The van der Waals surface area contributed by atoms with Crippen molar-refractivity contribution in [2.45, 2.75) is 4.90 Å². The second-order valence-corrected chi connectivity index (χ2v) is 9.66. The molecule has 1 aromatic heterocycles. The number of sulfonamides is 1. The number of hydrogen-bond acceptors (Lipinski definition) is 5. The smallest absolute Gasteiger partial charge is 0.300 e. The highest BCUT2D eigenvalue weighted by molar-refractivity contribution is 9.10. The molecule has 2 aromatic rings. The third kappa shape index (κ3) is 3.20. The summed E-state index contributed by atoms with van der Waals surface area (Å²) in [5.41, 5.74) is 0.974. The maximum absolute atomic E-state index is 12.7. The first-order valence-electron chi connectivity index (χ1n) is 8.78. The number of piperazine rings is 1. The Morgan fingerprint density at radius 2 is 1.79 bits per heavy atom. The third-order valence-corrected chi connectivity index (χ3v) is 7.61. The highest BCUT2D eigenvalue weighted by Gasteiger charge is 2.39. The number of halogens is 1. The minimum atomic E-state index is -3.52. The zero-order valence-electron chi connectivity index (χ0n) is 15.2. The van der Waals surface area contributed by atoms with E-state index in [0.717, 1.165) is 0 Å². The molecule has 8 nitrogen and oxygen atoms in total. The molecular weight excluding hydrogens is 448 g/mol. The Bertz CT molecular complexity index is 1060. The van der Waals surface area contributed by atoms with E-state index < -0.39 is 21.7 Å². The highest BCUT2D eigenvalue weighted by Crippen LogP contribution is 2.34.